The number of hydrogen-bond acceptors (Lipinski definition) is 2. The Morgan fingerprint density at radius 1 is 1.19 bits per heavy atom. The zero-order valence-electron chi connectivity index (χ0n) is 13.3. The molecule has 1 N–H and O–H groups in total. The lowest BCUT2D eigenvalue weighted by molar-refractivity contribution is 0.445. The van der Waals surface area contributed by atoms with Crippen LogP contribution in [0.15, 0.2) is 24.3 Å². The van der Waals surface area contributed by atoms with Gasteiger partial charge < -0.3 is 5.32 Å². The summed E-state index contributed by atoms with van der Waals surface area (Å²) in [4.78, 5) is 0. The number of nitrogens with zero attached hydrogens (tertiary/aromatic N) is 2. The molecule has 0 aliphatic carbocycles. The second-order valence-corrected chi connectivity index (χ2v) is 6.06. The molecule has 4 heteroatoms. The first-order valence-corrected chi connectivity index (χ1v) is 8.44. The molecule has 3 nitrogen and oxygen atoms in total. The van der Waals surface area contributed by atoms with Gasteiger partial charge in [-0.1, -0.05) is 44.9 Å². The molecule has 2 rings (SSSR count). The van der Waals surface area contributed by atoms with Crippen molar-refractivity contribution in [3.8, 4) is 0 Å². The van der Waals surface area contributed by atoms with Gasteiger partial charge in [-0.2, -0.15) is 5.10 Å². The standard InChI is InChI=1S/C17H26ClN3/c1-4-13(5-2)15(18)11-19-12-16-14-9-7-8-10-17(14)21(6-3)20-16/h7-10,13,15,19H,4-6,11-12H2,1-3H3. The molecule has 1 heterocycles. The molecular formula is C17H26ClN3. The van der Waals surface area contributed by atoms with E-state index >= 15 is 0 Å². The van der Waals surface area contributed by atoms with E-state index in [0.717, 1.165) is 38.2 Å². The highest BCUT2D eigenvalue weighted by Gasteiger charge is 2.15. The van der Waals surface area contributed by atoms with E-state index in [1.165, 1.54) is 10.9 Å². The van der Waals surface area contributed by atoms with Gasteiger partial charge in [0.1, 0.15) is 0 Å². The van der Waals surface area contributed by atoms with Crippen LogP contribution in [0, 0.1) is 5.92 Å². The van der Waals surface area contributed by atoms with Gasteiger partial charge in [0, 0.05) is 30.4 Å². The number of halogens is 1. The second-order valence-electron chi connectivity index (χ2n) is 5.50. The number of aryl methyl sites for hydroxylation is 1. The van der Waals surface area contributed by atoms with Crippen LogP contribution in [-0.4, -0.2) is 21.7 Å². The summed E-state index contributed by atoms with van der Waals surface area (Å²) < 4.78 is 2.06. The van der Waals surface area contributed by atoms with E-state index in [-0.39, 0.29) is 5.38 Å². The van der Waals surface area contributed by atoms with Crippen LogP contribution in [-0.2, 0) is 13.1 Å². The molecule has 0 bridgehead atoms. The summed E-state index contributed by atoms with van der Waals surface area (Å²) in [7, 11) is 0. The first kappa shape index (κ1) is 16.3. The first-order chi connectivity index (χ1) is 10.2. The number of alkyl halides is 1. The Morgan fingerprint density at radius 2 is 1.90 bits per heavy atom. The van der Waals surface area contributed by atoms with Crippen LogP contribution in [0.25, 0.3) is 10.9 Å². The zero-order valence-corrected chi connectivity index (χ0v) is 14.0. The minimum absolute atomic E-state index is 0.194. The average Bonchev–Trinajstić information content (AvgIpc) is 2.87. The van der Waals surface area contributed by atoms with Gasteiger partial charge in [-0.15, -0.1) is 11.6 Å². The molecule has 0 spiro atoms. The normalized spacial score (nSPS) is 13.2. The molecule has 2 aromatic rings. The van der Waals surface area contributed by atoms with E-state index in [1.807, 2.05) is 0 Å². The monoisotopic (exact) mass is 307 g/mol. The quantitative estimate of drug-likeness (QED) is 0.741. The number of aromatic nitrogens is 2. The van der Waals surface area contributed by atoms with E-state index in [1.54, 1.807) is 0 Å². The Kier molecular flexibility index (Phi) is 6.07. The van der Waals surface area contributed by atoms with Gasteiger partial charge in [0.2, 0.25) is 0 Å². The summed E-state index contributed by atoms with van der Waals surface area (Å²) in [6, 6.07) is 8.41. The molecule has 0 saturated carbocycles. The predicted molar refractivity (Wildman–Crippen MR) is 90.8 cm³/mol. The van der Waals surface area contributed by atoms with Gasteiger partial charge in [-0.05, 0) is 18.9 Å². The minimum atomic E-state index is 0.194. The molecule has 0 radical (unpaired) electrons. The van der Waals surface area contributed by atoms with Crippen molar-refractivity contribution >= 4 is 22.5 Å². The van der Waals surface area contributed by atoms with E-state index in [0.29, 0.717) is 5.92 Å². The van der Waals surface area contributed by atoms with Crippen LogP contribution in [0.5, 0.6) is 0 Å². The Hall–Kier alpha value is -1.06. The molecule has 0 amide bonds. The number of para-hydroxylation sites is 1. The summed E-state index contributed by atoms with van der Waals surface area (Å²) in [6.45, 7) is 9.04. The summed E-state index contributed by atoms with van der Waals surface area (Å²) >= 11 is 6.48. The maximum Gasteiger partial charge on any atom is 0.0841 e. The molecule has 21 heavy (non-hydrogen) atoms. The third-order valence-electron chi connectivity index (χ3n) is 4.23. The lowest BCUT2D eigenvalue weighted by Gasteiger charge is -2.19. The van der Waals surface area contributed by atoms with Crippen molar-refractivity contribution in [2.24, 2.45) is 5.92 Å². The highest BCUT2D eigenvalue weighted by molar-refractivity contribution is 6.21. The van der Waals surface area contributed by atoms with Gasteiger partial charge in [0.15, 0.2) is 0 Å². The van der Waals surface area contributed by atoms with E-state index < -0.39 is 0 Å². The number of nitrogens with one attached hydrogen (secondary N) is 1. The third kappa shape index (κ3) is 3.78. The van der Waals surface area contributed by atoms with Crippen LogP contribution < -0.4 is 5.32 Å². The van der Waals surface area contributed by atoms with Crippen molar-refractivity contribution in [2.75, 3.05) is 6.54 Å². The Morgan fingerprint density at radius 3 is 2.57 bits per heavy atom. The topological polar surface area (TPSA) is 29.9 Å². The smallest absolute Gasteiger partial charge is 0.0841 e. The van der Waals surface area contributed by atoms with Crippen molar-refractivity contribution in [3.05, 3.63) is 30.0 Å². The molecule has 1 unspecified atom stereocenters. The fourth-order valence-corrected chi connectivity index (χ4v) is 3.33. The fraction of sp³-hybridized carbons (Fsp3) is 0.588. The first-order valence-electron chi connectivity index (χ1n) is 8.00. The van der Waals surface area contributed by atoms with Crippen LogP contribution in [0.1, 0.15) is 39.3 Å². The summed E-state index contributed by atoms with van der Waals surface area (Å²) in [5.41, 5.74) is 2.32. The van der Waals surface area contributed by atoms with Crippen molar-refractivity contribution in [1.82, 2.24) is 15.1 Å². The fourth-order valence-electron chi connectivity index (χ4n) is 2.86. The lowest BCUT2D eigenvalue weighted by Crippen LogP contribution is -2.28. The van der Waals surface area contributed by atoms with Crippen LogP contribution in [0.2, 0.25) is 0 Å². The van der Waals surface area contributed by atoms with Crippen molar-refractivity contribution < 1.29 is 0 Å². The summed E-state index contributed by atoms with van der Waals surface area (Å²) in [6.07, 6.45) is 2.28. The van der Waals surface area contributed by atoms with E-state index in [2.05, 4.69) is 55.0 Å². The maximum absolute atomic E-state index is 6.48. The Bertz CT molecular complexity index is 560. The van der Waals surface area contributed by atoms with Gasteiger partial charge in [-0.3, -0.25) is 4.68 Å². The highest BCUT2D eigenvalue weighted by Crippen LogP contribution is 2.20. The molecule has 0 aliphatic heterocycles. The maximum atomic E-state index is 6.48. The van der Waals surface area contributed by atoms with Crippen LogP contribution in [0.3, 0.4) is 0 Å². The van der Waals surface area contributed by atoms with E-state index in [4.69, 9.17) is 16.7 Å². The third-order valence-corrected chi connectivity index (χ3v) is 4.74. The molecular weight excluding hydrogens is 282 g/mol. The largest absolute Gasteiger partial charge is 0.310 e. The van der Waals surface area contributed by atoms with Crippen molar-refractivity contribution in [3.63, 3.8) is 0 Å². The van der Waals surface area contributed by atoms with Crippen molar-refractivity contribution in [1.29, 1.82) is 0 Å². The predicted octanol–water partition coefficient (Wildman–Crippen LogP) is 4.19. The molecule has 1 aromatic carbocycles. The molecule has 0 aliphatic rings. The van der Waals surface area contributed by atoms with Gasteiger partial charge >= 0.3 is 0 Å². The number of hydrogen-bond donors (Lipinski definition) is 1. The summed E-state index contributed by atoms with van der Waals surface area (Å²) in [5, 5.41) is 9.60. The Balaban J connectivity index is 2.01. The van der Waals surface area contributed by atoms with Gasteiger partial charge in [-0.25, -0.2) is 0 Å². The summed E-state index contributed by atoms with van der Waals surface area (Å²) in [5.74, 6) is 0.587. The second kappa shape index (κ2) is 7.81. The number of benzene rings is 1. The van der Waals surface area contributed by atoms with Crippen LogP contribution in [0.4, 0.5) is 0 Å². The molecule has 1 atom stereocenters. The number of rotatable bonds is 8. The SMILES string of the molecule is CCC(CC)C(Cl)CNCc1nn(CC)c2ccccc12. The molecule has 1 aromatic heterocycles. The highest BCUT2D eigenvalue weighted by atomic mass is 35.5. The van der Waals surface area contributed by atoms with E-state index in [9.17, 15) is 0 Å². The average molecular weight is 308 g/mol. The Labute approximate surface area is 132 Å². The number of fused-ring (bicyclic) bond motifs is 1. The molecule has 0 fully saturated rings. The van der Waals surface area contributed by atoms with Crippen molar-refractivity contribution in [2.45, 2.75) is 52.1 Å². The molecule has 0 saturated heterocycles. The van der Waals surface area contributed by atoms with Gasteiger partial charge in [0.05, 0.1) is 11.2 Å². The van der Waals surface area contributed by atoms with Gasteiger partial charge in [0.25, 0.3) is 0 Å². The minimum Gasteiger partial charge on any atom is -0.310 e. The molecule has 116 valence electrons. The van der Waals surface area contributed by atoms with Crippen LogP contribution >= 0.6 is 11.6 Å². The lowest BCUT2D eigenvalue weighted by atomic mass is 9.99. The zero-order chi connectivity index (χ0) is 15.2.